The SMILES string of the molecule is CC(N)(C(=O)N1CC=C(c2ccccc2)CC1)C(F)(F)F. The molecule has 0 aromatic heterocycles. The van der Waals surface area contributed by atoms with E-state index < -0.39 is 17.6 Å². The average Bonchev–Trinajstić information content (AvgIpc) is 2.46. The number of alkyl halides is 3. The molecule has 1 aliphatic heterocycles. The van der Waals surface area contributed by atoms with Crippen molar-refractivity contribution < 1.29 is 18.0 Å². The van der Waals surface area contributed by atoms with E-state index >= 15 is 0 Å². The molecule has 0 saturated carbocycles. The summed E-state index contributed by atoms with van der Waals surface area (Å²) in [4.78, 5) is 13.1. The Bertz CT molecular complexity index is 550. The van der Waals surface area contributed by atoms with Crippen LogP contribution in [0.15, 0.2) is 36.4 Å². The molecule has 1 heterocycles. The van der Waals surface area contributed by atoms with Crippen LogP contribution in [0.4, 0.5) is 13.2 Å². The molecular formula is C15H17F3N2O. The van der Waals surface area contributed by atoms with Crippen LogP contribution in [0, 0.1) is 0 Å². The third-order valence-corrected chi connectivity index (χ3v) is 3.67. The molecular weight excluding hydrogens is 281 g/mol. The van der Waals surface area contributed by atoms with Crippen molar-refractivity contribution in [2.24, 2.45) is 5.73 Å². The van der Waals surface area contributed by atoms with Gasteiger partial charge in [-0.25, -0.2) is 0 Å². The van der Waals surface area contributed by atoms with E-state index in [0.29, 0.717) is 13.3 Å². The lowest BCUT2D eigenvalue weighted by molar-refractivity contribution is -0.193. The quantitative estimate of drug-likeness (QED) is 0.912. The van der Waals surface area contributed by atoms with Gasteiger partial charge in [-0.2, -0.15) is 13.2 Å². The molecule has 0 fully saturated rings. The number of benzene rings is 1. The number of carbonyl (C=O) groups is 1. The molecule has 6 heteroatoms. The van der Waals surface area contributed by atoms with Crippen molar-refractivity contribution >= 4 is 11.5 Å². The number of nitrogens with zero attached hydrogens (tertiary/aromatic N) is 1. The first kappa shape index (κ1) is 15.6. The monoisotopic (exact) mass is 298 g/mol. The van der Waals surface area contributed by atoms with Crippen LogP contribution in [0.2, 0.25) is 0 Å². The first-order valence-electron chi connectivity index (χ1n) is 6.63. The van der Waals surface area contributed by atoms with Crippen molar-refractivity contribution in [1.82, 2.24) is 4.90 Å². The van der Waals surface area contributed by atoms with Crippen molar-refractivity contribution in [2.75, 3.05) is 13.1 Å². The van der Waals surface area contributed by atoms with E-state index in [0.717, 1.165) is 16.0 Å². The van der Waals surface area contributed by atoms with E-state index in [1.807, 2.05) is 30.3 Å². The van der Waals surface area contributed by atoms with Crippen LogP contribution in [-0.2, 0) is 4.79 Å². The largest absolute Gasteiger partial charge is 0.415 e. The number of nitrogens with two attached hydrogens (primary N) is 1. The summed E-state index contributed by atoms with van der Waals surface area (Å²) >= 11 is 0. The van der Waals surface area contributed by atoms with Gasteiger partial charge in [-0.1, -0.05) is 36.4 Å². The van der Waals surface area contributed by atoms with Crippen LogP contribution in [-0.4, -0.2) is 35.6 Å². The highest BCUT2D eigenvalue weighted by atomic mass is 19.4. The highest BCUT2D eigenvalue weighted by Crippen LogP contribution is 2.31. The highest BCUT2D eigenvalue weighted by molar-refractivity contribution is 5.87. The summed E-state index contributed by atoms with van der Waals surface area (Å²) in [6, 6.07) is 9.56. The van der Waals surface area contributed by atoms with Crippen LogP contribution in [0.3, 0.4) is 0 Å². The van der Waals surface area contributed by atoms with Gasteiger partial charge in [0, 0.05) is 13.1 Å². The lowest BCUT2D eigenvalue weighted by Gasteiger charge is -2.34. The Labute approximate surface area is 121 Å². The molecule has 2 rings (SSSR count). The molecule has 1 aliphatic rings. The topological polar surface area (TPSA) is 46.3 Å². The van der Waals surface area contributed by atoms with Crippen LogP contribution in [0.5, 0.6) is 0 Å². The summed E-state index contributed by atoms with van der Waals surface area (Å²) in [5.41, 5.74) is 4.39. The Balaban J connectivity index is 2.11. The maximum absolute atomic E-state index is 12.8. The van der Waals surface area contributed by atoms with Crippen LogP contribution in [0.25, 0.3) is 5.57 Å². The lowest BCUT2D eigenvalue weighted by Crippen LogP contribution is -2.62. The maximum Gasteiger partial charge on any atom is 0.415 e. The highest BCUT2D eigenvalue weighted by Gasteiger charge is 2.55. The molecule has 1 aromatic carbocycles. The molecule has 0 bridgehead atoms. The van der Waals surface area contributed by atoms with Crippen LogP contribution < -0.4 is 5.73 Å². The van der Waals surface area contributed by atoms with Crippen molar-refractivity contribution in [3.8, 4) is 0 Å². The van der Waals surface area contributed by atoms with Gasteiger partial charge >= 0.3 is 6.18 Å². The molecule has 0 aliphatic carbocycles. The zero-order valence-corrected chi connectivity index (χ0v) is 11.7. The van der Waals surface area contributed by atoms with E-state index in [9.17, 15) is 18.0 Å². The van der Waals surface area contributed by atoms with E-state index in [4.69, 9.17) is 5.73 Å². The number of amides is 1. The predicted molar refractivity (Wildman–Crippen MR) is 74.3 cm³/mol. The minimum absolute atomic E-state index is 0.145. The number of carbonyl (C=O) groups excluding carboxylic acids is 1. The summed E-state index contributed by atoms with van der Waals surface area (Å²) < 4.78 is 38.4. The second kappa shape index (κ2) is 5.52. The van der Waals surface area contributed by atoms with Gasteiger partial charge in [0.25, 0.3) is 5.91 Å². The number of rotatable bonds is 2. The minimum atomic E-state index is -4.76. The van der Waals surface area contributed by atoms with Gasteiger partial charge in [0.05, 0.1) is 0 Å². The zero-order chi connectivity index (χ0) is 15.7. The fourth-order valence-corrected chi connectivity index (χ4v) is 2.22. The van der Waals surface area contributed by atoms with E-state index in [1.165, 1.54) is 0 Å². The van der Waals surface area contributed by atoms with Gasteiger partial charge in [0.1, 0.15) is 0 Å². The van der Waals surface area contributed by atoms with Gasteiger partial charge in [0.15, 0.2) is 5.54 Å². The average molecular weight is 298 g/mol. The molecule has 2 N–H and O–H groups in total. The Morgan fingerprint density at radius 2 is 1.86 bits per heavy atom. The first-order valence-corrected chi connectivity index (χ1v) is 6.63. The smallest absolute Gasteiger partial charge is 0.337 e. The maximum atomic E-state index is 12.8. The van der Waals surface area contributed by atoms with Gasteiger partial charge in [0.2, 0.25) is 0 Å². The molecule has 3 nitrogen and oxygen atoms in total. The molecule has 0 radical (unpaired) electrons. The van der Waals surface area contributed by atoms with Crippen LogP contribution >= 0.6 is 0 Å². The third-order valence-electron chi connectivity index (χ3n) is 3.67. The van der Waals surface area contributed by atoms with Crippen molar-refractivity contribution in [3.63, 3.8) is 0 Å². The second-order valence-corrected chi connectivity index (χ2v) is 5.30. The molecule has 1 amide bonds. The van der Waals surface area contributed by atoms with Gasteiger partial charge in [-0.05, 0) is 24.5 Å². The summed E-state index contributed by atoms with van der Waals surface area (Å²) in [6.45, 7) is 1.10. The summed E-state index contributed by atoms with van der Waals surface area (Å²) in [5.74, 6) is -1.08. The number of halogens is 3. The molecule has 0 saturated heterocycles. The molecule has 1 atom stereocenters. The van der Waals surface area contributed by atoms with Gasteiger partial charge in [-0.3, -0.25) is 4.79 Å². The van der Waals surface area contributed by atoms with Gasteiger partial charge in [-0.15, -0.1) is 0 Å². The Hall–Kier alpha value is -1.82. The Morgan fingerprint density at radius 3 is 2.33 bits per heavy atom. The third kappa shape index (κ3) is 3.10. The molecule has 1 aromatic rings. The lowest BCUT2D eigenvalue weighted by atomic mass is 9.96. The fraction of sp³-hybridized carbons (Fsp3) is 0.400. The fourth-order valence-electron chi connectivity index (χ4n) is 2.22. The van der Waals surface area contributed by atoms with Crippen molar-refractivity contribution in [3.05, 3.63) is 42.0 Å². The van der Waals surface area contributed by atoms with Crippen molar-refractivity contribution in [1.29, 1.82) is 0 Å². The number of hydrogen-bond acceptors (Lipinski definition) is 2. The summed E-state index contributed by atoms with van der Waals surface area (Å²) in [7, 11) is 0. The van der Waals surface area contributed by atoms with E-state index in [1.54, 1.807) is 6.08 Å². The Kier molecular flexibility index (Phi) is 4.09. The minimum Gasteiger partial charge on any atom is -0.337 e. The standard InChI is InChI=1S/C15H17F3N2O/c1-14(19,15(16,17)18)13(21)20-9-7-12(8-10-20)11-5-3-2-4-6-11/h2-7H,8-10,19H2,1H3. The van der Waals surface area contributed by atoms with Crippen molar-refractivity contribution in [2.45, 2.75) is 25.1 Å². The zero-order valence-electron chi connectivity index (χ0n) is 11.7. The van der Waals surface area contributed by atoms with E-state index in [-0.39, 0.29) is 13.1 Å². The van der Waals surface area contributed by atoms with Crippen LogP contribution in [0.1, 0.15) is 18.9 Å². The predicted octanol–water partition coefficient (Wildman–Crippen LogP) is 2.58. The summed E-state index contributed by atoms with van der Waals surface area (Å²) in [5, 5.41) is 0. The normalized spacial score (nSPS) is 18.9. The molecule has 114 valence electrons. The summed E-state index contributed by atoms with van der Waals surface area (Å²) in [6.07, 6.45) is -2.46. The molecule has 0 spiro atoms. The first-order chi connectivity index (χ1) is 9.73. The van der Waals surface area contributed by atoms with Gasteiger partial charge < -0.3 is 10.6 Å². The number of hydrogen-bond donors (Lipinski definition) is 1. The van der Waals surface area contributed by atoms with E-state index in [2.05, 4.69) is 0 Å². The Morgan fingerprint density at radius 1 is 1.24 bits per heavy atom. The second-order valence-electron chi connectivity index (χ2n) is 5.30. The molecule has 21 heavy (non-hydrogen) atoms. The molecule has 1 unspecified atom stereocenters.